The number of rotatable bonds is 3. The molecular formula is C13H23N. The summed E-state index contributed by atoms with van der Waals surface area (Å²) in [4.78, 5) is 2.43. The molecule has 0 aromatic heterocycles. The Morgan fingerprint density at radius 1 is 1.29 bits per heavy atom. The van der Waals surface area contributed by atoms with Crippen LogP contribution in [0.25, 0.3) is 0 Å². The van der Waals surface area contributed by atoms with Crippen molar-refractivity contribution in [3.63, 3.8) is 0 Å². The summed E-state index contributed by atoms with van der Waals surface area (Å²) in [6.07, 6.45) is 10.6. The molecule has 1 heteroatoms. The van der Waals surface area contributed by atoms with Crippen molar-refractivity contribution in [2.75, 3.05) is 20.1 Å². The first-order chi connectivity index (χ1) is 6.76. The molecule has 1 fully saturated rings. The van der Waals surface area contributed by atoms with Gasteiger partial charge in [0.1, 0.15) is 0 Å². The van der Waals surface area contributed by atoms with Crippen LogP contribution < -0.4 is 0 Å². The Bertz CT molecular complexity index is 207. The van der Waals surface area contributed by atoms with Crippen molar-refractivity contribution in [1.82, 2.24) is 4.90 Å². The molecule has 0 bridgehead atoms. The van der Waals surface area contributed by atoms with Crippen LogP contribution >= 0.6 is 0 Å². The Hall–Kier alpha value is -0.560. The highest BCUT2D eigenvalue weighted by Crippen LogP contribution is 2.23. The summed E-state index contributed by atoms with van der Waals surface area (Å²) in [6.45, 7) is 6.79. The molecule has 1 heterocycles. The molecule has 1 nitrogen and oxygen atoms in total. The monoisotopic (exact) mass is 193 g/mol. The van der Waals surface area contributed by atoms with Crippen LogP contribution in [-0.4, -0.2) is 25.0 Å². The zero-order chi connectivity index (χ0) is 10.4. The van der Waals surface area contributed by atoms with Crippen LogP contribution in [0.1, 0.15) is 33.1 Å². The van der Waals surface area contributed by atoms with Crippen molar-refractivity contribution in [2.45, 2.75) is 33.1 Å². The summed E-state index contributed by atoms with van der Waals surface area (Å²) < 4.78 is 0. The molecule has 0 atom stereocenters. The van der Waals surface area contributed by atoms with Gasteiger partial charge in [-0.3, -0.25) is 0 Å². The Morgan fingerprint density at radius 2 is 1.93 bits per heavy atom. The SMILES string of the molecule is C/C=C\C(=C/C)CC1CCN(C)CC1. The topological polar surface area (TPSA) is 3.24 Å². The maximum absolute atomic E-state index is 2.43. The Labute approximate surface area is 88.5 Å². The summed E-state index contributed by atoms with van der Waals surface area (Å²) in [6, 6.07) is 0. The first-order valence-electron chi connectivity index (χ1n) is 5.72. The highest BCUT2D eigenvalue weighted by molar-refractivity contribution is 5.17. The van der Waals surface area contributed by atoms with E-state index in [0.29, 0.717) is 0 Å². The lowest BCUT2D eigenvalue weighted by molar-refractivity contribution is 0.219. The molecule has 1 rings (SSSR count). The lowest BCUT2D eigenvalue weighted by Gasteiger charge is -2.29. The van der Waals surface area contributed by atoms with Gasteiger partial charge in [-0.2, -0.15) is 0 Å². The minimum Gasteiger partial charge on any atom is -0.306 e. The normalized spacial score (nSPS) is 22.1. The van der Waals surface area contributed by atoms with Gasteiger partial charge in [0, 0.05) is 0 Å². The van der Waals surface area contributed by atoms with Gasteiger partial charge < -0.3 is 4.90 Å². The molecule has 0 unspecified atom stereocenters. The third kappa shape index (κ3) is 3.67. The first kappa shape index (κ1) is 11.5. The Morgan fingerprint density at radius 3 is 2.43 bits per heavy atom. The molecule has 0 aromatic carbocycles. The van der Waals surface area contributed by atoms with Gasteiger partial charge >= 0.3 is 0 Å². The van der Waals surface area contributed by atoms with Gasteiger partial charge in [0.05, 0.1) is 0 Å². The zero-order valence-corrected chi connectivity index (χ0v) is 9.79. The summed E-state index contributed by atoms with van der Waals surface area (Å²) >= 11 is 0. The van der Waals surface area contributed by atoms with Crippen LogP contribution in [0.3, 0.4) is 0 Å². The molecule has 1 aliphatic heterocycles. The molecule has 0 spiro atoms. The molecule has 14 heavy (non-hydrogen) atoms. The molecule has 0 aromatic rings. The Balaban J connectivity index is 2.36. The smallest absolute Gasteiger partial charge is 0.00190 e. The number of hydrogen-bond acceptors (Lipinski definition) is 1. The molecule has 0 radical (unpaired) electrons. The van der Waals surface area contributed by atoms with Crippen molar-refractivity contribution in [3.05, 3.63) is 23.8 Å². The lowest BCUT2D eigenvalue weighted by atomic mass is 9.90. The van der Waals surface area contributed by atoms with Gasteiger partial charge in [0.2, 0.25) is 0 Å². The predicted octanol–water partition coefficient (Wildman–Crippen LogP) is 3.24. The van der Waals surface area contributed by atoms with Gasteiger partial charge in [-0.05, 0) is 59.2 Å². The van der Waals surface area contributed by atoms with E-state index < -0.39 is 0 Å². The second-order valence-electron chi connectivity index (χ2n) is 4.31. The van der Waals surface area contributed by atoms with E-state index in [1.807, 2.05) is 0 Å². The van der Waals surface area contributed by atoms with E-state index >= 15 is 0 Å². The van der Waals surface area contributed by atoms with Gasteiger partial charge in [0.15, 0.2) is 0 Å². The highest BCUT2D eigenvalue weighted by Gasteiger charge is 2.16. The van der Waals surface area contributed by atoms with Crippen LogP contribution in [-0.2, 0) is 0 Å². The van der Waals surface area contributed by atoms with E-state index in [2.05, 4.69) is 44.0 Å². The van der Waals surface area contributed by atoms with Gasteiger partial charge in [-0.15, -0.1) is 0 Å². The van der Waals surface area contributed by atoms with E-state index in [9.17, 15) is 0 Å². The highest BCUT2D eigenvalue weighted by atomic mass is 15.1. The van der Waals surface area contributed by atoms with Gasteiger partial charge in [-0.1, -0.05) is 23.8 Å². The van der Waals surface area contributed by atoms with E-state index in [0.717, 1.165) is 5.92 Å². The van der Waals surface area contributed by atoms with Crippen molar-refractivity contribution in [2.24, 2.45) is 5.92 Å². The van der Waals surface area contributed by atoms with Crippen molar-refractivity contribution >= 4 is 0 Å². The zero-order valence-electron chi connectivity index (χ0n) is 9.79. The maximum atomic E-state index is 2.43. The molecular weight excluding hydrogens is 170 g/mol. The molecule has 0 amide bonds. The van der Waals surface area contributed by atoms with Crippen molar-refractivity contribution in [1.29, 1.82) is 0 Å². The van der Waals surface area contributed by atoms with E-state index in [-0.39, 0.29) is 0 Å². The fourth-order valence-electron chi connectivity index (χ4n) is 2.10. The van der Waals surface area contributed by atoms with Gasteiger partial charge in [-0.25, -0.2) is 0 Å². The molecule has 1 saturated heterocycles. The van der Waals surface area contributed by atoms with Crippen LogP contribution in [0, 0.1) is 5.92 Å². The molecule has 80 valence electrons. The van der Waals surface area contributed by atoms with Crippen LogP contribution in [0.5, 0.6) is 0 Å². The quantitative estimate of drug-likeness (QED) is 0.622. The minimum atomic E-state index is 0.911. The predicted molar refractivity (Wildman–Crippen MR) is 63.4 cm³/mol. The third-order valence-corrected chi connectivity index (χ3v) is 3.11. The standard InChI is InChI=1S/C13H23N/c1-4-6-12(5-2)11-13-7-9-14(3)10-8-13/h4-6,13H,7-11H2,1-3H3/b6-4-,12-5+. The lowest BCUT2D eigenvalue weighted by Crippen LogP contribution is -2.30. The number of piperidine rings is 1. The number of allylic oxidation sites excluding steroid dienone is 4. The third-order valence-electron chi connectivity index (χ3n) is 3.11. The van der Waals surface area contributed by atoms with Crippen molar-refractivity contribution < 1.29 is 0 Å². The second-order valence-corrected chi connectivity index (χ2v) is 4.31. The summed E-state index contributed by atoms with van der Waals surface area (Å²) in [5.41, 5.74) is 1.50. The number of nitrogens with zero attached hydrogens (tertiary/aromatic N) is 1. The molecule has 1 aliphatic rings. The fourth-order valence-corrected chi connectivity index (χ4v) is 2.10. The van der Waals surface area contributed by atoms with Crippen LogP contribution in [0.4, 0.5) is 0 Å². The van der Waals surface area contributed by atoms with E-state index in [4.69, 9.17) is 0 Å². The van der Waals surface area contributed by atoms with Crippen LogP contribution in [0.15, 0.2) is 23.8 Å². The van der Waals surface area contributed by atoms with Crippen molar-refractivity contribution in [3.8, 4) is 0 Å². The first-order valence-corrected chi connectivity index (χ1v) is 5.72. The molecule has 0 aliphatic carbocycles. The average Bonchev–Trinajstić information content (AvgIpc) is 2.20. The average molecular weight is 193 g/mol. The number of likely N-dealkylation sites (tertiary alicyclic amines) is 1. The van der Waals surface area contributed by atoms with E-state index in [1.54, 1.807) is 0 Å². The fraction of sp³-hybridized carbons (Fsp3) is 0.692. The van der Waals surface area contributed by atoms with Crippen LogP contribution in [0.2, 0.25) is 0 Å². The molecule has 0 N–H and O–H groups in total. The maximum Gasteiger partial charge on any atom is -0.00190 e. The minimum absolute atomic E-state index is 0.911. The summed E-state index contributed by atoms with van der Waals surface area (Å²) in [7, 11) is 2.22. The molecule has 0 saturated carbocycles. The number of hydrogen-bond donors (Lipinski definition) is 0. The largest absolute Gasteiger partial charge is 0.306 e. The second kappa shape index (κ2) is 6.02. The summed E-state index contributed by atoms with van der Waals surface area (Å²) in [5.74, 6) is 0.911. The van der Waals surface area contributed by atoms with Gasteiger partial charge in [0.25, 0.3) is 0 Å². The summed E-state index contributed by atoms with van der Waals surface area (Å²) in [5, 5.41) is 0. The Kier molecular flexibility index (Phi) is 4.95. The van der Waals surface area contributed by atoms with E-state index in [1.165, 1.54) is 37.9 Å².